The highest BCUT2D eigenvalue weighted by atomic mass is 35.5. The molecule has 1 aliphatic rings. The summed E-state index contributed by atoms with van der Waals surface area (Å²) >= 11 is 0. The Labute approximate surface area is 121 Å². The van der Waals surface area contributed by atoms with Crippen molar-refractivity contribution in [3.05, 3.63) is 0 Å². The molecule has 6 heteroatoms. The summed E-state index contributed by atoms with van der Waals surface area (Å²) in [5.41, 5.74) is 0. The smallest absolute Gasteiger partial charge is 0.320 e. The van der Waals surface area contributed by atoms with Gasteiger partial charge in [0.15, 0.2) is 0 Å². The maximum atomic E-state index is 11.9. The molecule has 1 rings (SSSR count). The van der Waals surface area contributed by atoms with Crippen molar-refractivity contribution in [3.8, 4) is 0 Å². The van der Waals surface area contributed by atoms with E-state index in [1.807, 2.05) is 30.6 Å². The van der Waals surface area contributed by atoms with E-state index in [1.54, 1.807) is 0 Å². The molecular weight excluding hydrogens is 268 g/mol. The standard InChI is InChI=1S/C13H24N2O3.ClH/c1-4-11(13(17)18)14-6-5-7-15(9-8-14)12(16)10(2)3;/h10-11H,4-9H2,1-3H3,(H,17,18);1H. The molecule has 1 amide bonds. The number of halogens is 1. The van der Waals surface area contributed by atoms with Gasteiger partial charge in [0.2, 0.25) is 5.91 Å². The highest BCUT2D eigenvalue weighted by Gasteiger charge is 2.27. The van der Waals surface area contributed by atoms with Gasteiger partial charge in [-0.05, 0) is 12.8 Å². The third-order valence-corrected chi connectivity index (χ3v) is 3.45. The zero-order chi connectivity index (χ0) is 13.7. The third-order valence-electron chi connectivity index (χ3n) is 3.45. The topological polar surface area (TPSA) is 60.9 Å². The fourth-order valence-corrected chi connectivity index (χ4v) is 2.42. The Morgan fingerprint density at radius 3 is 2.26 bits per heavy atom. The molecule has 0 radical (unpaired) electrons. The molecule has 0 bridgehead atoms. The van der Waals surface area contributed by atoms with Crippen LogP contribution in [0, 0.1) is 5.92 Å². The van der Waals surface area contributed by atoms with E-state index < -0.39 is 12.0 Å². The van der Waals surface area contributed by atoms with Gasteiger partial charge in [-0.15, -0.1) is 12.4 Å². The fourth-order valence-electron chi connectivity index (χ4n) is 2.42. The molecule has 1 atom stereocenters. The number of carbonyl (C=O) groups is 2. The highest BCUT2D eigenvalue weighted by molar-refractivity contribution is 5.85. The zero-order valence-electron chi connectivity index (χ0n) is 12.0. The van der Waals surface area contributed by atoms with Crippen molar-refractivity contribution >= 4 is 24.3 Å². The Kier molecular flexibility index (Phi) is 8.02. The Morgan fingerprint density at radius 2 is 1.79 bits per heavy atom. The van der Waals surface area contributed by atoms with Crippen LogP contribution in [0.5, 0.6) is 0 Å². The summed E-state index contributed by atoms with van der Waals surface area (Å²) in [5, 5.41) is 9.16. The second kappa shape index (κ2) is 8.38. The van der Waals surface area contributed by atoms with Crippen molar-refractivity contribution in [3.63, 3.8) is 0 Å². The van der Waals surface area contributed by atoms with Crippen LogP contribution >= 0.6 is 12.4 Å². The Hall–Kier alpha value is -0.810. The SMILES string of the molecule is CCC(C(=O)O)N1CCCN(C(=O)C(C)C)CC1.Cl. The number of aliphatic carboxylic acids is 1. The molecular formula is C13H25ClN2O3. The van der Waals surface area contributed by atoms with Gasteiger partial charge in [-0.25, -0.2) is 0 Å². The van der Waals surface area contributed by atoms with Crippen LogP contribution in [-0.2, 0) is 9.59 Å². The second-order valence-corrected chi connectivity index (χ2v) is 5.13. The summed E-state index contributed by atoms with van der Waals surface area (Å²) < 4.78 is 0. The zero-order valence-corrected chi connectivity index (χ0v) is 12.8. The molecule has 1 saturated heterocycles. The van der Waals surface area contributed by atoms with Gasteiger partial charge in [0.25, 0.3) is 0 Å². The summed E-state index contributed by atoms with van der Waals surface area (Å²) in [7, 11) is 0. The molecule has 0 aromatic carbocycles. The van der Waals surface area contributed by atoms with Crippen LogP contribution in [0.1, 0.15) is 33.6 Å². The normalized spacial score (nSPS) is 18.6. The number of hydrogen-bond donors (Lipinski definition) is 1. The van der Waals surface area contributed by atoms with Crippen LogP contribution in [0.25, 0.3) is 0 Å². The monoisotopic (exact) mass is 292 g/mol. The first-order valence-electron chi connectivity index (χ1n) is 6.73. The lowest BCUT2D eigenvalue weighted by Crippen LogP contribution is -2.43. The predicted octanol–water partition coefficient (Wildman–Crippen LogP) is 1.46. The van der Waals surface area contributed by atoms with Crippen molar-refractivity contribution in [2.45, 2.75) is 39.7 Å². The number of hydrogen-bond acceptors (Lipinski definition) is 3. The van der Waals surface area contributed by atoms with Gasteiger partial charge >= 0.3 is 5.97 Å². The second-order valence-electron chi connectivity index (χ2n) is 5.13. The quantitative estimate of drug-likeness (QED) is 0.852. The number of carboxylic acids is 1. The summed E-state index contributed by atoms with van der Waals surface area (Å²) in [6, 6.07) is -0.417. The van der Waals surface area contributed by atoms with E-state index in [2.05, 4.69) is 0 Å². The van der Waals surface area contributed by atoms with Crippen LogP contribution in [0.3, 0.4) is 0 Å². The predicted molar refractivity (Wildman–Crippen MR) is 76.6 cm³/mol. The Balaban J connectivity index is 0.00000324. The van der Waals surface area contributed by atoms with E-state index in [0.29, 0.717) is 19.5 Å². The Bertz CT molecular complexity index is 310. The lowest BCUT2D eigenvalue weighted by Gasteiger charge is -2.27. The molecule has 5 nitrogen and oxygen atoms in total. The summed E-state index contributed by atoms with van der Waals surface area (Å²) in [4.78, 5) is 26.9. The van der Waals surface area contributed by atoms with Crippen LogP contribution < -0.4 is 0 Å². The maximum Gasteiger partial charge on any atom is 0.320 e. The average Bonchev–Trinajstić information content (AvgIpc) is 2.54. The minimum atomic E-state index is -0.763. The van der Waals surface area contributed by atoms with Gasteiger partial charge in [0.1, 0.15) is 6.04 Å². The molecule has 1 fully saturated rings. The molecule has 1 N–H and O–H groups in total. The van der Waals surface area contributed by atoms with Crippen molar-refractivity contribution in [1.29, 1.82) is 0 Å². The van der Waals surface area contributed by atoms with Gasteiger partial charge in [-0.1, -0.05) is 20.8 Å². The van der Waals surface area contributed by atoms with Gasteiger partial charge in [0.05, 0.1) is 0 Å². The summed E-state index contributed by atoms with van der Waals surface area (Å²) in [5.74, 6) is -0.584. The van der Waals surface area contributed by atoms with Crippen LogP contribution in [-0.4, -0.2) is 59.0 Å². The first-order chi connectivity index (χ1) is 8.47. The van der Waals surface area contributed by atoms with Crippen molar-refractivity contribution in [2.75, 3.05) is 26.2 Å². The fraction of sp³-hybridized carbons (Fsp3) is 0.846. The van der Waals surface area contributed by atoms with E-state index in [4.69, 9.17) is 5.11 Å². The van der Waals surface area contributed by atoms with E-state index in [0.717, 1.165) is 19.5 Å². The van der Waals surface area contributed by atoms with E-state index in [9.17, 15) is 9.59 Å². The van der Waals surface area contributed by atoms with E-state index >= 15 is 0 Å². The summed E-state index contributed by atoms with van der Waals surface area (Å²) in [6.45, 7) is 8.48. The molecule has 0 saturated carbocycles. The van der Waals surface area contributed by atoms with Crippen LogP contribution in [0.15, 0.2) is 0 Å². The number of rotatable bonds is 4. The number of carbonyl (C=O) groups excluding carboxylic acids is 1. The first-order valence-corrected chi connectivity index (χ1v) is 6.73. The molecule has 0 spiro atoms. The minimum Gasteiger partial charge on any atom is -0.480 e. The molecule has 1 heterocycles. The Morgan fingerprint density at radius 1 is 1.16 bits per heavy atom. The molecule has 112 valence electrons. The van der Waals surface area contributed by atoms with Gasteiger partial charge in [-0.3, -0.25) is 14.5 Å². The van der Waals surface area contributed by atoms with Gasteiger partial charge < -0.3 is 10.0 Å². The van der Waals surface area contributed by atoms with E-state index in [-0.39, 0.29) is 24.2 Å². The number of nitrogens with zero attached hydrogens (tertiary/aromatic N) is 2. The largest absolute Gasteiger partial charge is 0.480 e. The molecule has 0 aromatic rings. The lowest BCUT2D eigenvalue weighted by atomic mass is 10.2. The van der Waals surface area contributed by atoms with Crippen molar-refractivity contribution < 1.29 is 14.7 Å². The maximum absolute atomic E-state index is 11.9. The summed E-state index contributed by atoms with van der Waals surface area (Å²) in [6.07, 6.45) is 1.45. The lowest BCUT2D eigenvalue weighted by molar-refractivity contribution is -0.143. The minimum absolute atomic E-state index is 0. The van der Waals surface area contributed by atoms with Crippen molar-refractivity contribution in [1.82, 2.24) is 9.80 Å². The van der Waals surface area contributed by atoms with Crippen LogP contribution in [0.2, 0.25) is 0 Å². The van der Waals surface area contributed by atoms with Crippen molar-refractivity contribution in [2.24, 2.45) is 5.92 Å². The highest BCUT2D eigenvalue weighted by Crippen LogP contribution is 2.12. The average molecular weight is 293 g/mol. The molecule has 1 unspecified atom stereocenters. The van der Waals surface area contributed by atoms with E-state index in [1.165, 1.54) is 0 Å². The van der Waals surface area contributed by atoms with Crippen LogP contribution in [0.4, 0.5) is 0 Å². The molecule has 0 aliphatic carbocycles. The number of amides is 1. The number of carboxylic acid groups (broad SMARTS) is 1. The third kappa shape index (κ3) is 4.99. The molecule has 1 aliphatic heterocycles. The molecule has 0 aromatic heterocycles. The van der Waals surface area contributed by atoms with Gasteiger partial charge in [-0.2, -0.15) is 0 Å². The molecule has 19 heavy (non-hydrogen) atoms. The first kappa shape index (κ1) is 18.2. The van der Waals surface area contributed by atoms with Gasteiger partial charge in [0, 0.05) is 32.1 Å².